The van der Waals surface area contributed by atoms with Crippen molar-refractivity contribution in [2.75, 3.05) is 5.32 Å². The van der Waals surface area contributed by atoms with Crippen molar-refractivity contribution >= 4 is 34.5 Å². The van der Waals surface area contributed by atoms with Crippen molar-refractivity contribution in [3.05, 3.63) is 97.3 Å². The Morgan fingerprint density at radius 3 is 2.12 bits per heavy atom. The Labute approximate surface area is 153 Å². The smallest absolute Gasteiger partial charge is 0.135 e. The highest BCUT2D eigenvalue weighted by Crippen LogP contribution is 2.31. The second kappa shape index (κ2) is 6.77. The molecule has 0 aliphatic rings. The van der Waals surface area contributed by atoms with Crippen molar-refractivity contribution in [3.63, 3.8) is 0 Å². The van der Waals surface area contributed by atoms with E-state index in [0.717, 1.165) is 33.7 Å². The average Bonchev–Trinajstić information content (AvgIpc) is 3.06. The summed E-state index contributed by atoms with van der Waals surface area (Å²) in [6.07, 6.45) is 3.52. The van der Waals surface area contributed by atoms with E-state index < -0.39 is 0 Å². The highest BCUT2D eigenvalue weighted by molar-refractivity contribution is 5.93. The Hall–Kier alpha value is -3.52. The largest absolute Gasteiger partial charge is 0.456 e. The van der Waals surface area contributed by atoms with Gasteiger partial charge in [0, 0.05) is 22.3 Å². The van der Waals surface area contributed by atoms with Crippen LogP contribution in [0.25, 0.3) is 34.2 Å². The lowest BCUT2D eigenvalue weighted by Crippen LogP contribution is -1.90. The highest BCUT2D eigenvalue weighted by Gasteiger charge is 2.10. The Morgan fingerprint density at radius 2 is 1.42 bits per heavy atom. The molecule has 26 heavy (non-hydrogen) atoms. The number of fused-ring (bicyclic) bond motifs is 1. The number of anilines is 2. The molecule has 0 saturated carbocycles. The lowest BCUT2D eigenvalue weighted by molar-refractivity contribution is 0.603. The minimum absolute atomic E-state index is 0.749. The Bertz CT molecular complexity index is 1070. The van der Waals surface area contributed by atoms with Crippen LogP contribution in [0, 0.1) is 0 Å². The van der Waals surface area contributed by atoms with Crippen molar-refractivity contribution in [3.8, 4) is 11.1 Å². The van der Waals surface area contributed by atoms with Gasteiger partial charge in [-0.2, -0.15) is 0 Å². The second-order valence-corrected chi connectivity index (χ2v) is 6.07. The summed E-state index contributed by atoms with van der Waals surface area (Å²) in [6, 6.07) is 24.8. The number of nitrogens with one attached hydrogen (secondary N) is 1. The molecule has 1 N–H and O–H groups in total. The fourth-order valence-corrected chi connectivity index (χ4v) is 3.12. The molecule has 1 heterocycles. The van der Waals surface area contributed by atoms with Crippen LogP contribution in [0.3, 0.4) is 0 Å². The summed E-state index contributed by atoms with van der Waals surface area (Å²) >= 11 is 0. The molecule has 0 aliphatic heterocycles. The van der Waals surface area contributed by atoms with Gasteiger partial charge < -0.3 is 9.73 Å². The van der Waals surface area contributed by atoms with Gasteiger partial charge in [0.2, 0.25) is 0 Å². The third-order valence-corrected chi connectivity index (χ3v) is 4.43. The first-order valence-electron chi connectivity index (χ1n) is 8.52. The van der Waals surface area contributed by atoms with Crippen molar-refractivity contribution in [1.82, 2.24) is 0 Å². The quantitative estimate of drug-likeness (QED) is 0.419. The maximum Gasteiger partial charge on any atom is 0.135 e. The lowest BCUT2D eigenvalue weighted by Gasteiger charge is -2.08. The van der Waals surface area contributed by atoms with E-state index in [1.807, 2.05) is 18.2 Å². The second-order valence-electron chi connectivity index (χ2n) is 6.07. The van der Waals surface area contributed by atoms with Crippen molar-refractivity contribution in [2.24, 2.45) is 0 Å². The Kier molecular flexibility index (Phi) is 4.16. The maximum atomic E-state index is 5.79. The van der Waals surface area contributed by atoms with Crippen LogP contribution in [0.1, 0.15) is 11.3 Å². The molecule has 0 fully saturated rings. The van der Waals surface area contributed by atoms with Gasteiger partial charge in [0.15, 0.2) is 0 Å². The monoisotopic (exact) mass is 337 g/mol. The van der Waals surface area contributed by atoms with E-state index in [0.29, 0.717) is 0 Å². The Morgan fingerprint density at radius 1 is 0.731 bits per heavy atom. The summed E-state index contributed by atoms with van der Waals surface area (Å²) in [6.45, 7) is 7.69. The van der Waals surface area contributed by atoms with Gasteiger partial charge in [-0.25, -0.2) is 0 Å². The number of benzene rings is 3. The molecule has 126 valence electrons. The molecule has 0 amide bonds. The van der Waals surface area contributed by atoms with Gasteiger partial charge in [-0.05, 0) is 47.5 Å². The molecule has 2 heteroatoms. The predicted octanol–water partition coefficient (Wildman–Crippen LogP) is 7.13. The van der Waals surface area contributed by atoms with Crippen LogP contribution in [0.4, 0.5) is 11.4 Å². The first kappa shape index (κ1) is 16.0. The summed E-state index contributed by atoms with van der Waals surface area (Å²) in [5, 5.41) is 4.48. The van der Waals surface area contributed by atoms with E-state index in [1.54, 1.807) is 12.2 Å². The number of hydrogen-bond acceptors (Lipinski definition) is 2. The van der Waals surface area contributed by atoms with Crippen molar-refractivity contribution < 1.29 is 4.42 Å². The van der Waals surface area contributed by atoms with E-state index >= 15 is 0 Å². The SMILES string of the molecule is C=Cc1oc2ccc(Nc3ccc(-c4ccccc4)cc3)cc2c1C=C. The molecule has 4 aromatic rings. The van der Waals surface area contributed by atoms with Crippen LogP contribution in [0.2, 0.25) is 0 Å². The minimum atomic E-state index is 0.749. The van der Waals surface area contributed by atoms with Gasteiger partial charge in [-0.1, -0.05) is 61.7 Å². The molecule has 1 aromatic heterocycles. The minimum Gasteiger partial charge on any atom is -0.456 e. The third kappa shape index (κ3) is 2.93. The zero-order chi connectivity index (χ0) is 17.9. The molecule has 4 rings (SSSR count). The molecule has 0 bridgehead atoms. The van der Waals surface area contributed by atoms with E-state index in [1.165, 1.54) is 11.1 Å². The highest BCUT2D eigenvalue weighted by atomic mass is 16.3. The van der Waals surface area contributed by atoms with E-state index in [-0.39, 0.29) is 0 Å². The van der Waals surface area contributed by atoms with Crippen LogP contribution in [0.15, 0.2) is 90.4 Å². The summed E-state index contributed by atoms with van der Waals surface area (Å²) in [4.78, 5) is 0. The number of hydrogen-bond donors (Lipinski definition) is 1. The van der Waals surface area contributed by atoms with Crippen LogP contribution in [0.5, 0.6) is 0 Å². The standard InChI is InChI=1S/C24H19NO/c1-3-21-22-16-20(14-15-24(22)26-23(21)4-2)25-19-12-10-18(11-13-19)17-8-6-5-7-9-17/h3-16,25H,1-2H2. The van der Waals surface area contributed by atoms with Gasteiger partial charge >= 0.3 is 0 Å². The van der Waals surface area contributed by atoms with Crippen molar-refractivity contribution in [2.45, 2.75) is 0 Å². The molecule has 0 spiro atoms. The maximum absolute atomic E-state index is 5.79. The average molecular weight is 337 g/mol. The summed E-state index contributed by atoms with van der Waals surface area (Å²) in [7, 11) is 0. The van der Waals surface area contributed by atoms with Crippen LogP contribution < -0.4 is 5.32 Å². The molecular formula is C24H19NO. The molecule has 3 aromatic carbocycles. The molecule has 0 unspecified atom stereocenters. The summed E-state index contributed by atoms with van der Waals surface area (Å²) in [5.41, 5.74) is 6.26. The van der Waals surface area contributed by atoms with Gasteiger partial charge in [0.05, 0.1) is 0 Å². The van der Waals surface area contributed by atoms with Gasteiger partial charge in [0.25, 0.3) is 0 Å². The first-order valence-corrected chi connectivity index (χ1v) is 8.52. The molecule has 2 nitrogen and oxygen atoms in total. The number of furan rings is 1. The third-order valence-electron chi connectivity index (χ3n) is 4.43. The number of rotatable bonds is 5. The van der Waals surface area contributed by atoms with Gasteiger partial charge in [-0.15, -0.1) is 0 Å². The van der Waals surface area contributed by atoms with Crippen molar-refractivity contribution in [1.29, 1.82) is 0 Å². The topological polar surface area (TPSA) is 25.2 Å². The van der Waals surface area contributed by atoms with E-state index in [2.05, 4.69) is 73.1 Å². The lowest BCUT2D eigenvalue weighted by atomic mass is 10.1. The zero-order valence-corrected chi connectivity index (χ0v) is 14.4. The van der Waals surface area contributed by atoms with Crippen LogP contribution in [-0.2, 0) is 0 Å². The molecule has 0 saturated heterocycles. The normalized spacial score (nSPS) is 10.6. The fourth-order valence-electron chi connectivity index (χ4n) is 3.12. The molecule has 0 aliphatic carbocycles. The summed E-state index contributed by atoms with van der Waals surface area (Å²) < 4.78 is 5.79. The first-order chi connectivity index (χ1) is 12.8. The molecular weight excluding hydrogens is 318 g/mol. The molecule has 0 atom stereocenters. The Balaban J connectivity index is 1.63. The fraction of sp³-hybridized carbons (Fsp3) is 0. The summed E-state index contributed by atoms with van der Waals surface area (Å²) in [5.74, 6) is 0.749. The molecule has 0 radical (unpaired) electrons. The zero-order valence-electron chi connectivity index (χ0n) is 14.4. The van der Waals surface area contributed by atoms with E-state index in [4.69, 9.17) is 4.42 Å². The van der Waals surface area contributed by atoms with Gasteiger partial charge in [-0.3, -0.25) is 0 Å². The van der Waals surface area contributed by atoms with Gasteiger partial charge in [0.1, 0.15) is 11.3 Å². The predicted molar refractivity (Wildman–Crippen MR) is 112 cm³/mol. The van der Waals surface area contributed by atoms with Crippen LogP contribution in [-0.4, -0.2) is 0 Å². The van der Waals surface area contributed by atoms with E-state index in [9.17, 15) is 0 Å². The van der Waals surface area contributed by atoms with Crippen LogP contribution >= 0.6 is 0 Å².